The summed E-state index contributed by atoms with van der Waals surface area (Å²) in [5.74, 6) is 1.46. The molecule has 0 radical (unpaired) electrons. The maximum absolute atomic E-state index is 11.6. The first-order chi connectivity index (χ1) is 15.6. The molecule has 5 heterocycles. The molecule has 0 unspecified atom stereocenters. The first kappa shape index (κ1) is 20.6. The van der Waals surface area contributed by atoms with Crippen molar-refractivity contribution in [3.63, 3.8) is 0 Å². The molecule has 2 saturated heterocycles. The summed E-state index contributed by atoms with van der Waals surface area (Å²) in [6, 6.07) is 0. The highest BCUT2D eigenvalue weighted by molar-refractivity contribution is 5.90. The summed E-state index contributed by atoms with van der Waals surface area (Å²) >= 11 is 0. The summed E-state index contributed by atoms with van der Waals surface area (Å²) in [7, 11) is 0. The SMILES string of the molecule is CC(=O)N1CCC(Cn2ncc3c(-c4cnc(N)nc4)nc(N4CCOCC4)nc32)CC1. The molecule has 0 saturated carbocycles. The molecule has 0 atom stereocenters. The lowest BCUT2D eigenvalue weighted by Gasteiger charge is -2.31. The van der Waals surface area contributed by atoms with E-state index in [-0.39, 0.29) is 11.9 Å². The quantitative estimate of drug-likeness (QED) is 0.634. The molecular weight excluding hydrogens is 410 g/mol. The normalized spacial score (nSPS) is 17.8. The van der Waals surface area contributed by atoms with E-state index in [1.54, 1.807) is 19.3 Å². The molecule has 1 amide bonds. The number of carbonyl (C=O) groups excluding carboxylic acids is 1. The zero-order chi connectivity index (χ0) is 22.1. The second-order valence-electron chi connectivity index (χ2n) is 8.31. The molecule has 0 aromatic carbocycles. The van der Waals surface area contributed by atoms with Crippen molar-refractivity contribution in [3.8, 4) is 11.3 Å². The second kappa shape index (κ2) is 8.65. The molecule has 168 valence electrons. The highest BCUT2D eigenvalue weighted by atomic mass is 16.5. The van der Waals surface area contributed by atoms with Crippen LogP contribution in [0.4, 0.5) is 11.9 Å². The zero-order valence-electron chi connectivity index (χ0n) is 18.1. The van der Waals surface area contributed by atoms with Crippen molar-refractivity contribution in [2.75, 3.05) is 50.0 Å². The van der Waals surface area contributed by atoms with E-state index in [0.717, 1.165) is 67.9 Å². The lowest BCUT2D eigenvalue weighted by molar-refractivity contribution is -0.130. The topological polar surface area (TPSA) is 128 Å². The second-order valence-corrected chi connectivity index (χ2v) is 8.31. The van der Waals surface area contributed by atoms with Gasteiger partial charge >= 0.3 is 0 Å². The Morgan fingerprint density at radius 3 is 2.50 bits per heavy atom. The molecule has 2 N–H and O–H groups in total. The number of ether oxygens (including phenoxy) is 1. The van der Waals surface area contributed by atoms with Gasteiger partial charge in [-0.1, -0.05) is 0 Å². The minimum Gasteiger partial charge on any atom is -0.378 e. The average Bonchev–Trinajstić information content (AvgIpc) is 3.22. The smallest absolute Gasteiger partial charge is 0.228 e. The number of nitrogens with zero attached hydrogens (tertiary/aromatic N) is 8. The van der Waals surface area contributed by atoms with Crippen LogP contribution in [0, 0.1) is 5.92 Å². The van der Waals surface area contributed by atoms with Crippen LogP contribution in [0.3, 0.4) is 0 Å². The number of morpholine rings is 1. The predicted molar refractivity (Wildman–Crippen MR) is 119 cm³/mol. The molecular formula is C21H27N9O2. The fourth-order valence-corrected chi connectivity index (χ4v) is 4.34. The van der Waals surface area contributed by atoms with Crippen LogP contribution in [0.25, 0.3) is 22.3 Å². The molecule has 2 aliphatic heterocycles. The van der Waals surface area contributed by atoms with Crippen LogP contribution in [-0.4, -0.2) is 79.9 Å². The minimum atomic E-state index is 0.145. The van der Waals surface area contributed by atoms with Gasteiger partial charge in [0.15, 0.2) is 5.65 Å². The van der Waals surface area contributed by atoms with E-state index < -0.39 is 0 Å². The van der Waals surface area contributed by atoms with Crippen LogP contribution in [-0.2, 0) is 16.1 Å². The lowest BCUT2D eigenvalue weighted by atomic mass is 9.97. The summed E-state index contributed by atoms with van der Waals surface area (Å²) in [6.07, 6.45) is 7.10. The van der Waals surface area contributed by atoms with Gasteiger partial charge in [0.25, 0.3) is 0 Å². The Morgan fingerprint density at radius 1 is 1.09 bits per heavy atom. The maximum Gasteiger partial charge on any atom is 0.228 e. The Balaban J connectivity index is 1.50. The molecule has 0 bridgehead atoms. The predicted octanol–water partition coefficient (Wildman–Crippen LogP) is 0.961. The maximum atomic E-state index is 11.6. The van der Waals surface area contributed by atoms with Crippen molar-refractivity contribution in [1.82, 2.24) is 34.6 Å². The summed E-state index contributed by atoms with van der Waals surface area (Å²) in [6.45, 7) is 6.75. The number of anilines is 2. The summed E-state index contributed by atoms with van der Waals surface area (Å²) in [5, 5.41) is 5.52. The highest BCUT2D eigenvalue weighted by Gasteiger charge is 2.24. The van der Waals surface area contributed by atoms with Crippen molar-refractivity contribution >= 4 is 28.8 Å². The number of fused-ring (bicyclic) bond motifs is 1. The van der Waals surface area contributed by atoms with Gasteiger partial charge in [0.2, 0.25) is 17.8 Å². The Kier molecular flexibility index (Phi) is 5.56. The molecule has 11 nitrogen and oxygen atoms in total. The van der Waals surface area contributed by atoms with Gasteiger partial charge in [-0.05, 0) is 18.8 Å². The van der Waals surface area contributed by atoms with Gasteiger partial charge in [0.1, 0.15) is 0 Å². The summed E-state index contributed by atoms with van der Waals surface area (Å²) < 4.78 is 7.46. The van der Waals surface area contributed by atoms with Crippen LogP contribution in [0.5, 0.6) is 0 Å². The number of hydrogen-bond donors (Lipinski definition) is 1. The number of carbonyl (C=O) groups is 1. The molecule has 2 fully saturated rings. The van der Waals surface area contributed by atoms with E-state index in [1.165, 1.54) is 0 Å². The van der Waals surface area contributed by atoms with Crippen LogP contribution in [0.15, 0.2) is 18.6 Å². The highest BCUT2D eigenvalue weighted by Crippen LogP contribution is 2.29. The fourth-order valence-electron chi connectivity index (χ4n) is 4.34. The largest absolute Gasteiger partial charge is 0.378 e. The van der Waals surface area contributed by atoms with E-state index in [0.29, 0.717) is 25.1 Å². The number of nitrogens with two attached hydrogens (primary N) is 1. The third kappa shape index (κ3) is 4.07. The zero-order valence-corrected chi connectivity index (χ0v) is 18.1. The van der Waals surface area contributed by atoms with Gasteiger partial charge < -0.3 is 20.3 Å². The first-order valence-electron chi connectivity index (χ1n) is 11.0. The number of rotatable bonds is 4. The molecule has 0 aliphatic carbocycles. The van der Waals surface area contributed by atoms with Crippen molar-refractivity contribution in [2.45, 2.75) is 26.3 Å². The standard InChI is InChI=1S/C21H27N9O2/c1-14(31)28-4-2-15(3-5-28)13-30-19-17(12-25-30)18(16-10-23-20(22)24-11-16)26-21(27-19)29-6-8-32-9-7-29/h10-12,15H,2-9,13H2,1H3,(H2,22,23,24). The third-order valence-electron chi connectivity index (χ3n) is 6.21. The van der Waals surface area contributed by atoms with Gasteiger partial charge in [-0.2, -0.15) is 10.1 Å². The Hall–Kier alpha value is -3.34. The van der Waals surface area contributed by atoms with Gasteiger partial charge in [0.05, 0.1) is 30.5 Å². The van der Waals surface area contributed by atoms with E-state index in [9.17, 15) is 4.79 Å². The molecule has 11 heteroatoms. The Bertz CT molecular complexity index is 1100. The Morgan fingerprint density at radius 2 is 1.81 bits per heavy atom. The molecule has 2 aliphatic rings. The number of amides is 1. The van der Waals surface area contributed by atoms with Crippen LogP contribution in [0.2, 0.25) is 0 Å². The number of piperidine rings is 1. The van der Waals surface area contributed by atoms with Gasteiger partial charge in [-0.3, -0.25) is 4.79 Å². The Labute approximate surface area is 185 Å². The average molecular weight is 438 g/mol. The fraction of sp³-hybridized carbons (Fsp3) is 0.524. The van der Waals surface area contributed by atoms with Gasteiger partial charge in [-0.25, -0.2) is 19.6 Å². The molecule has 32 heavy (non-hydrogen) atoms. The number of nitrogen functional groups attached to an aromatic ring is 1. The first-order valence-corrected chi connectivity index (χ1v) is 11.0. The van der Waals surface area contributed by atoms with E-state index in [1.807, 2.05) is 15.8 Å². The van der Waals surface area contributed by atoms with Gasteiger partial charge in [-0.15, -0.1) is 0 Å². The van der Waals surface area contributed by atoms with Crippen LogP contribution in [0.1, 0.15) is 19.8 Å². The van der Waals surface area contributed by atoms with Crippen molar-refractivity contribution in [3.05, 3.63) is 18.6 Å². The van der Waals surface area contributed by atoms with Gasteiger partial charge in [0, 0.05) is 57.6 Å². The number of likely N-dealkylation sites (tertiary alicyclic amines) is 1. The number of aromatic nitrogens is 6. The van der Waals surface area contributed by atoms with Crippen LogP contribution >= 0.6 is 0 Å². The van der Waals surface area contributed by atoms with Crippen molar-refractivity contribution in [2.24, 2.45) is 5.92 Å². The third-order valence-corrected chi connectivity index (χ3v) is 6.21. The monoisotopic (exact) mass is 437 g/mol. The molecule has 3 aromatic heterocycles. The summed E-state index contributed by atoms with van der Waals surface area (Å²) in [4.78, 5) is 33.7. The van der Waals surface area contributed by atoms with E-state index in [4.69, 9.17) is 20.4 Å². The minimum absolute atomic E-state index is 0.145. The van der Waals surface area contributed by atoms with E-state index >= 15 is 0 Å². The molecule has 5 rings (SSSR count). The van der Waals surface area contributed by atoms with Crippen molar-refractivity contribution < 1.29 is 9.53 Å². The van der Waals surface area contributed by atoms with Crippen molar-refractivity contribution in [1.29, 1.82) is 0 Å². The number of hydrogen-bond acceptors (Lipinski definition) is 9. The van der Waals surface area contributed by atoms with Crippen LogP contribution < -0.4 is 10.6 Å². The van der Waals surface area contributed by atoms with E-state index in [2.05, 4.69) is 20.0 Å². The summed E-state index contributed by atoms with van der Waals surface area (Å²) in [5.41, 5.74) is 7.99. The lowest BCUT2D eigenvalue weighted by Crippen LogP contribution is -2.38. The molecule has 3 aromatic rings. The molecule has 0 spiro atoms.